The average molecular weight is 558 g/mol. The fourth-order valence-electron chi connectivity index (χ4n) is 2.63. The van der Waals surface area contributed by atoms with Crippen LogP contribution in [0.1, 0.15) is 40.1 Å². The molecule has 0 aromatic heterocycles. The fourth-order valence-corrected chi connectivity index (χ4v) is 3.68. The van der Waals surface area contributed by atoms with Crippen LogP contribution >= 0.6 is 23.2 Å². The van der Waals surface area contributed by atoms with E-state index in [1.165, 1.54) is 31.4 Å². The Hall–Kier alpha value is -2.83. The first-order valence-corrected chi connectivity index (χ1v) is 11.7. The molecule has 0 bridgehead atoms. The van der Waals surface area contributed by atoms with Gasteiger partial charge in [0.1, 0.15) is 0 Å². The number of ketones is 1. The monoisotopic (exact) mass is 557 g/mol. The van der Waals surface area contributed by atoms with E-state index < -0.39 is 39.1 Å². The highest BCUT2D eigenvalue weighted by Crippen LogP contribution is 2.30. The summed E-state index contributed by atoms with van der Waals surface area (Å²) in [5.74, 6) is -1.98. The first-order valence-electron chi connectivity index (χ1n) is 9.50. The highest BCUT2D eigenvalue weighted by molar-refractivity contribution is 7.88. The lowest BCUT2D eigenvalue weighted by molar-refractivity contribution is -0.126. The van der Waals surface area contributed by atoms with Gasteiger partial charge in [0, 0.05) is 6.04 Å². The number of carbonyl (C=O) groups is 3. The predicted molar refractivity (Wildman–Crippen MR) is 122 cm³/mol. The molecule has 1 amide bonds. The van der Waals surface area contributed by atoms with Crippen LogP contribution in [0.4, 0.5) is 13.2 Å². The zero-order valence-electron chi connectivity index (χ0n) is 18.5. The zero-order chi connectivity index (χ0) is 27.0. The molecule has 0 fully saturated rings. The van der Waals surface area contributed by atoms with E-state index in [1.54, 1.807) is 13.0 Å². The topological polar surface area (TPSA) is 116 Å². The number of methoxy groups -OCH3 is 1. The van der Waals surface area contributed by atoms with E-state index in [0.717, 1.165) is 13.0 Å². The van der Waals surface area contributed by atoms with Gasteiger partial charge in [-0.15, -0.1) is 0 Å². The number of carbonyl (C=O) groups excluding carboxylic acids is 3. The summed E-state index contributed by atoms with van der Waals surface area (Å²) >= 11 is 12.0. The lowest BCUT2D eigenvalue weighted by atomic mass is 10.0. The van der Waals surface area contributed by atoms with Crippen LogP contribution in [-0.2, 0) is 26.1 Å². The number of benzene rings is 2. The molecule has 1 atom stereocenters. The first-order chi connectivity index (χ1) is 16.1. The van der Waals surface area contributed by atoms with Crippen molar-refractivity contribution in [2.75, 3.05) is 7.11 Å². The fraction of sp³-hybridized carbons (Fsp3) is 0.286. The number of alkyl halides is 3. The van der Waals surface area contributed by atoms with Crippen molar-refractivity contribution in [3.8, 4) is 5.75 Å². The minimum absolute atomic E-state index is 0.0863. The van der Waals surface area contributed by atoms with E-state index in [9.17, 15) is 31.2 Å². The Kier molecular flexibility index (Phi) is 11.0. The maximum atomic E-state index is 12.6. The Labute approximate surface area is 209 Å². The normalized spacial score (nSPS) is 12.0. The quantitative estimate of drug-likeness (QED) is 0.218. The standard InChI is InChI=1S/C19H16Cl2F3NO5S.C2H4O2/c1-10(25-18(27)17-14(20)4-3-5-15(17)21)8-12-6-7-16(13(9-12)11(2)26)30-31(28,29)19(22,23)24;1-4-2-3/h3-7,9-10H,8H2,1-2H3,(H,25,27);2H,1H3. The van der Waals surface area contributed by atoms with Gasteiger partial charge in [0.2, 0.25) is 0 Å². The number of hydrogen-bond donors (Lipinski definition) is 1. The molecule has 2 aromatic rings. The van der Waals surface area contributed by atoms with Crippen molar-refractivity contribution in [3.63, 3.8) is 0 Å². The number of Topliss-reactive ketones (excluding diaryl/α,β-unsaturated/α-hetero) is 1. The van der Waals surface area contributed by atoms with Crippen molar-refractivity contribution in [1.29, 1.82) is 0 Å². The first kappa shape index (κ1) is 30.2. The van der Waals surface area contributed by atoms with Gasteiger partial charge >= 0.3 is 15.6 Å². The number of rotatable bonds is 8. The summed E-state index contributed by atoms with van der Waals surface area (Å²) in [4.78, 5) is 33.2. The highest BCUT2D eigenvalue weighted by Gasteiger charge is 2.48. The molecule has 35 heavy (non-hydrogen) atoms. The van der Waals surface area contributed by atoms with Crippen LogP contribution in [0, 0.1) is 0 Å². The molecule has 1 unspecified atom stereocenters. The molecule has 0 spiro atoms. The maximum Gasteiger partial charge on any atom is 0.534 e. The zero-order valence-corrected chi connectivity index (χ0v) is 20.8. The number of amides is 1. The Bertz CT molecular complexity index is 1170. The highest BCUT2D eigenvalue weighted by atomic mass is 35.5. The molecule has 0 saturated heterocycles. The summed E-state index contributed by atoms with van der Waals surface area (Å²) in [6.07, 6.45) is 0.167. The van der Waals surface area contributed by atoms with Gasteiger partial charge in [0.05, 0.1) is 28.3 Å². The maximum absolute atomic E-state index is 12.6. The van der Waals surface area contributed by atoms with E-state index in [-0.39, 0.29) is 27.6 Å². The average Bonchev–Trinajstić information content (AvgIpc) is 2.73. The predicted octanol–water partition coefficient (Wildman–Crippen LogP) is 4.57. The van der Waals surface area contributed by atoms with Crippen LogP contribution in [0.25, 0.3) is 0 Å². The van der Waals surface area contributed by atoms with Crippen molar-refractivity contribution >= 4 is 51.5 Å². The van der Waals surface area contributed by atoms with Crippen LogP contribution in [0.15, 0.2) is 36.4 Å². The minimum atomic E-state index is -5.93. The third-order valence-corrected chi connectivity index (χ3v) is 5.71. The summed E-state index contributed by atoms with van der Waals surface area (Å²) in [5, 5.41) is 2.99. The molecule has 0 radical (unpaired) electrons. The van der Waals surface area contributed by atoms with Crippen molar-refractivity contribution in [1.82, 2.24) is 5.32 Å². The van der Waals surface area contributed by atoms with Gasteiger partial charge in [0.15, 0.2) is 11.5 Å². The smallest absolute Gasteiger partial charge is 0.471 e. The third kappa shape index (κ3) is 8.71. The Morgan fingerprint density at radius 1 is 1.14 bits per heavy atom. The van der Waals surface area contributed by atoms with Gasteiger partial charge < -0.3 is 14.2 Å². The van der Waals surface area contributed by atoms with Crippen molar-refractivity contribution in [2.24, 2.45) is 0 Å². The largest absolute Gasteiger partial charge is 0.534 e. The van der Waals surface area contributed by atoms with Crippen LogP contribution in [0.5, 0.6) is 5.75 Å². The second kappa shape index (κ2) is 12.8. The van der Waals surface area contributed by atoms with E-state index in [4.69, 9.17) is 28.0 Å². The molecule has 0 heterocycles. The molecule has 0 aliphatic heterocycles. The molecular weight excluding hydrogens is 538 g/mol. The van der Waals surface area contributed by atoms with Crippen LogP contribution in [-0.4, -0.2) is 45.2 Å². The lowest BCUT2D eigenvalue weighted by Gasteiger charge is -2.17. The van der Waals surface area contributed by atoms with E-state index >= 15 is 0 Å². The van der Waals surface area contributed by atoms with Crippen molar-refractivity contribution < 1.29 is 44.9 Å². The number of hydrogen-bond acceptors (Lipinski definition) is 7. The van der Waals surface area contributed by atoms with Crippen molar-refractivity contribution in [2.45, 2.75) is 31.8 Å². The van der Waals surface area contributed by atoms with Gasteiger partial charge in [-0.3, -0.25) is 14.4 Å². The third-order valence-electron chi connectivity index (χ3n) is 4.11. The second-order valence-electron chi connectivity index (χ2n) is 6.88. The molecule has 2 rings (SSSR count). The molecule has 0 saturated carbocycles. The van der Waals surface area contributed by atoms with Gasteiger partial charge in [-0.2, -0.15) is 21.6 Å². The van der Waals surface area contributed by atoms with E-state index in [1.807, 2.05) is 0 Å². The molecule has 1 N–H and O–H groups in total. The lowest BCUT2D eigenvalue weighted by Crippen LogP contribution is -2.34. The molecule has 8 nitrogen and oxygen atoms in total. The summed E-state index contributed by atoms with van der Waals surface area (Å²) in [6, 6.07) is 7.53. The van der Waals surface area contributed by atoms with Gasteiger partial charge in [-0.05, 0) is 50.1 Å². The molecular formula is C21H20Cl2F3NO7S. The summed E-state index contributed by atoms with van der Waals surface area (Å²) in [5.41, 5.74) is -5.46. The van der Waals surface area contributed by atoms with E-state index in [0.29, 0.717) is 12.0 Å². The Morgan fingerprint density at radius 3 is 2.14 bits per heavy atom. The number of nitrogens with one attached hydrogen (secondary N) is 1. The summed E-state index contributed by atoms with van der Waals surface area (Å²) < 4.78 is 68.1. The van der Waals surface area contributed by atoms with Crippen molar-refractivity contribution in [3.05, 3.63) is 63.1 Å². The Balaban J connectivity index is 0.00000142. The van der Waals surface area contributed by atoms with Crippen LogP contribution in [0.2, 0.25) is 10.0 Å². The molecule has 2 aromatic carbocycles. The number of halogens is 5. The molecule has 14 heteroatoms. The van der Waals surface area contributed by atoms with Crippen LogP contribution < -0.4 is 9.50 Å². The SMILES string of the molecule is CC(=O)c1cc(CC(C)NC(=O)c2c(Cl)cccc2Cl)ccc1OS(=O)(=O)C(F)(F)F.COC=O. The number of ether oxygens (including phenoxy) is 1. The minimum Gasteiger partial charge on any atom is -0.471 e. The molecule has 0 aliphatic carbocycles. The second-order valence-corrected chi connectivity index (χ2v) is 9.23. The molecule has 0 aliphatic rings. The van der Waals surface area contributed by atoms with Crippen LogP contribution in [0.3, 0.4) is 0 Å². The van der Waals surface area contributed by atoms with Gasteiger partial charge in [-0.25, -0.2) is 0 Å². The van der Waals surface area contributed by atoms with Gasteiger partial charge in [-0.1, -0.05) is 35.3 Å². The van der Waals surface area contributed by atoms with E-state index in [2.05, 4.69) is 14.2 Å². The summed E-state index contributed by atoms with van der Waals surface area (Å²) in [7, 11) is -4.62. The summed E-state index contributed by atoms with van der Waals surface area (Å²) in [6.45, 7) is 3.07. The Morgan fingerprint density at radius 2 is 1.69 bits per heavy atom. The molecule has 192 valence electrons. The van der Waals surface area contributed by atoms with Gasteiger partial charge in [0.25, 0.3) is 12.4 Å².